The van der Waals surface area contributed by atoms with E-state index in [0.29, 0.717) is 5.78 Å². The molecule has 6 heteroatoms. The predicted octanol–water partition coefficient (Wildman–Crippen LogP) is 2.81. The van der Waals surface area contributed by atoms with E-state index in [9.17, 15) is 4.79 Å². The Kier molecular flexibility index (Phi) is 3.94. The van der Waals surface area contributed by atoms with E-state index < -0.39 is 0 Å². The van der Waals surface area contributed by atoms with Gasteiger partial charge in [-0.15, -0.1) is 10.2 Å². The molecule has 0 aliphatic carbocycles. The minimum absolute atomic E-state index is 0.121. The molecule has 2 aromatic heterocycles. The van der Waals surface area contributed by atoms with Crippen LogP contribution in [0.3, 0.4) is 0 Å². The number of carbonyl (C=O) groups is 1. The summed E-state index contributed by atoms with van der Waals surface area (Å²) in [5.74, 6) is 1.42. The van der Waals surface area contributed by atoms with Crippen molar-refractivity contribution < 1.29 is 4.79 Å². The number of hydrogen-bond donors (Lipinski definition) is 0. The summed E-state index contributed by atoms with van der Waals surface area (Å²) in [6, 6.07) is 9.44. The first-order chi connectivity index (χ1) is 11.8. The fraction of sp³-hybridized carbons (Fsp3) is 0.333. The largest absolute Gasteiger partial charge is 0.339 e. The lowest BCUT2D eigenvalue weighted by Gasteiger charge is -2.20. The molecule has 0 radical (unpaired) electrons. The smallest absolute Gasteiger partial charge is 0.255 e. The van der Waals surface area contributed by atoms with Crippen LogP contribution in [0.5, 0.6) is 0 Å². The van der Waals surface area contributed by atoms with Gasteiger partial charge >= 0.3 is 0 Å². The number of benzene rings is 1. The van der Waals surface area contributed by atoms with Gasteiger partial charge in [-0.1, -0.05) is 25.0 Å². The zero-order valence-electron chi connectivity index (χ0n) is 13.4. The lowest BCUT2D eigenvalue weighted by atomic mass is 10.1. The zero-order valence-corrected chi connectivity index (χ0v) is 13.4. The summed E-state index contributed by atoms with van der Waals surface area (Å²) >= 11 is 0. The summed E-state index contributed by atoms with van der Waals surface area (Å²) in [6.45, 7) is 1.72. The van der Waals surface area contributed by atoms with Crippen LogP contribution in [-0.2, 0) is 0 Å². The second kappa shape index (κ2) is 6.39. The molecule has 0 spiro atoms. The fourth-order valence-electron chi connectivity index (χ4n) is 3.16. The molecule has 1 amide bonds. The van der Waals surface area contributed by atoms with Gasteiger partial charge in [0.25, 0.3) is 11.7 Å². The summed E-state index contributed by atoms with van der Waals surface area (Å²) in [7, 11) is 0. The van der Waals surface area contributed by atoms with Crippen molar-refractivity contribution in [1.29, 1.82) is 0 Å². The Morgan fingerprint density at radius 2 is 1.71 bits per heavy atom. The highest BCUT2D eigenvalue weighted by Gasteiger charge is 2.17. The molecule has 1 saturated heterocycles. The van der Waals surface area contributed by atoms with E-state index in [-0.39, 0.29) is 5.91 Å². The maximum atomic E-state index is 12.6. The van der Waals surface area contributed by atoms with Crippen molar-refractivity contribution in [2.75, 3.05) is 13.1 Å². The number of hydrogen-bond acceptors (Lipinski definition) is 4. The van der Waals surface area contributed by atoms with E-state index in [1.807, 2.05) is 45.8 Å². The number of amides is 1. The van der Waals surface area contributed by atoms with Gasteiger partial charge in [-0.3, -0.25) is 9.20 Å². The van der Waals surface area contributed by atoms with Gasteiger partial charge in [-0.25, -0.2) is 4.98 Å². The van der Waals surface area contributed by atoms with Crippen molar-refractivity contribution in [2.24, 2.45) is 0 Å². The third-order valence-corrected chi connectivity index (χ3v) is 4.47. The van der Waals surface area contributed by atoms with Crippen LogP contribution in [0.2, 0.25) is 0 Å². The van der Waals surface area contributed by atoms with Gasteiger partial charge in [0.2, 0.25) is 0 Å². The molecule has 0 N–H and O–H groups in total. The molecule has 3 heterocycles. The second-order valence-corrected chi connectivity index (χ2v) is 6.10. The Labute approximate surface area is 140 Å². The van der Waals surface area contributed by atoms with Crippen LogP contribution >= 0.6 is 0 Å². The van der Waals surface area contributed by atoms with Crippen LogP contribution < -0.4 is 0 Å². The topological polar surface area (TPSA) is 63.4 Å². The van der Waals surface area contributed by atoms with E-state index >= 15 is 0 Å². The van der Waals surface area contributed by atoms with Crippen molar-refractivity contribution >= 4 is 11.7 Å². The van der Waals surface area contributed by atoms with Crippen molar-refractivity contribution in [3.05, 3.63) is 48.3 Å². The van der Waals surface area contributed by atoms with Crippen LogP contribution in [0.25, 0.3) is 17.2 Å². The highest BCUT2D eigenvalue weighted by molar-refractivity contribution is 5.94. The summed E-state index contributed by atoms with van der Waals surface area (Å²) in [5, 5.41) is 8.26. The summed E-state index contributed by atoms with van der Waals surface area (Å²) < 4.78 is 1.84. The molecule has 1 fully saturated rings. The first-order valence-electron chi connectivity index (χ1n) is 8.38. The van der Waals surface area contributed by atoms with Gasteiger partial charge in [-0.2, -0.15) is 0 Å². The monoisotopic (exact) mass is 321 g/mol. The molecule has 24 heavy (non-hydrogen) atoms. The van der Waals surface area contributed by atoms with E-state index in [1.54, 1.807) is 6.20 Å². The fourth-order valence-corrected chi connectivity index (χ4v) is 3.16. The molecule has 0 unspecified atom stereocenters. The highest BCUT2D eigenvalue weighted by atomic mass is 16.2. The Morgan fingerprint density at radius 1 is 0.958 bits per heavy atom. The first kappa shape index (κ1) is 14.8. The van der Waals surface area contributed by atoms with Crippen molar-refractivity contribution in [3.8, 4) is 11.4 Å². The normalized spacial score (nSPS) is 15.4. The Hall–Kier alpha value is -2.76. The van der Waals surface area contributed by atoms with Gasteiger partial charge in [0.15, 0.2) is 5.82 Å². The van der Waals surface area contributed by atoms with Crippen molar-refractivity contribution in [3.63, 3.8) is 0 Å². The molecule has 1 aromatic carbocycles. The molecule has 3 aromatic rings. The van der Waals surface area contributed by atoms with E-state index in [2.05, 4.69) is 15.2 Å². The van der Waals surface area contributed by atoms with Crippen molar-refractivity contribution in [2.45, 2.75) is 25.7 Å². The van der Waals surface area contributed by atoms with Crippen LogP contribution in [0.1, 0.15) is 36.0 Å². The Morgan fingerprint density at radius 3 is 2.46 bits per heavy atom. The standard InChI is InChI=1S/C18H19N5O/c24-17(22-11-3-1-2-4-12-22)15-8-6-14(7-9-15)16-20-21-18-19-10-5-13-23(16)18/h5-10,13H,1-4,11-12H2. The van der Waals surface area contributed by atoms with Gasteiger partial charge in [0, 0.05) is 36.6 Å². The Balaban J connectivity index is 1.59. The molecule has 0 saturated carbocycles. The zero-order chi connectivity index (χ0) is 16.4. The average molecular weight is 321 g/mol. The van der Waals surface area contributed by atoms with Gasteiger partial charge in [0.1, 0.15) is 0 Å². The van der Waals surface area contributed by atoms with E-state index in [4.69, 9.17) is 0 Å². The van der Waals surface area contributed by atoms with Crippen LogP contribution in [0.15, 0.2) is 42.7 Å². The SMILES string of the molecule is O=C(c1ccc(-c2nnc3ncccn23)cc1)N1CCCCCC1. The molecule has 6 nitrogen and oxygen atoms in total. The quantitative estimate of drug-likeness (QED) is 0.728. The van der Waals surface area contributed by atoms with E-state index in [0.717, 1.165) is 42.9 Å². The first-order valence-corrected chi connectivity index (χ1v) is 8.38. The Bertz CT molecular complexity index is 847. The number of nitrogens with zero attached hydrogens (tertiary/aromatic N) is 5. The molecule has 0 bridgehead atoms. The van der Waals surface area contributed by atoms with Gasteiger partial charge < -0.3 is 4.90 Å². The molecule has 1 aliphatic heterocycles. The molecule has 0 atom stereocenters. The minimum Gasteiger partial charge on any atom is -0.339 e. The number of rotatable bonds is 2. The average Bonchev–Trinajstić information content (AvgIpc) is 2.87. The summed E-state index contributed by atoms with van der Waals surface area (Å²) in [4.78, 5) is 18.8. The predicted molar refractivity (Wildman–Crippen MR) is 90.6 cm³/mol. The maximum Gasteiger partial charge on any atom is 0.255 e. The molecular weight excluding hydrogens is 302 g/mol. The summed E-state index contributed by atoms with van der Waals surface area (Å²) in [5.41, 5.74) is 1.65. The lowest BCUT2D eigenvalue weighted by molar-refractivity contribution is 0.0761. The number of fused-ring (bicyclic) bond motifs is 1. The summed E-state index contributed by atoms with van der Waals surface area (Å²) in [6.07, 6.45) is 8.21. The highest BCUT2D eigenvalue weighted by Crippen LogP contribution is 2.19. The number of carbonyl (C=O) groups excluding carboxylic acids is 1. The van der Waals surface area contributed by atoms with Crippen LogP contribution in [0, 0.1) is 0 Å². The van der Waals surface area contributed by atoms with Crippen molar-refractivity contribution in [1.82, 2.24) is 24.5 Å². The number of likely N-dealkylation sites (tertiary alicyclic amines) is 1. The van der Waals surface area contributed by atoms with E-state index in [1.165, 1.54) is 12.8 Å². The molecular formula is C18H19N5O. The number of aromatic nitrogens is 4. The molecule has 122 valence electrons. The third-order valence-electron chi connectivity index (χ3n) is 4.47. The molecule has 4 rings (SSSR count). The van der Waals surface area contributed by atoms with Gasteiger partial charge in [0.05, 0.1) is 0 Å². The maximum absolute atomic E-state index is 12.6. The molecule has 1 aliphatic rings. The van der Waals surface area contributed by atoms with Crippen LogP contribution in [0.4, 0.5) is 0 Å². The van der Waals surface area contributed by atoms with Crippen LogP contribution in [-0.4, -0.2) is 43.5 Å². The third kappa shape index (κ3) is 2.75. The minimum atomic E-state index is 0.121. The lowest BCUT2D eigenvalue weighted by Crippen LogP contribution is -2.31. The van der Waals surface area contributed by atoms with Gasteiger partial charge in [-0.05, 0) is 31.0 Å². The second-order valence-electron chi connectivity index (χ2n) is 6.10.